The standard InChI is InChI=1S/C22H19F3N2O3/c1-3-30-21(29)17-12-19(14-8-10-15(11-9-14)22(23,24)25)27-20(17)16-6-4-5-7-18(16)26-13(2)28/h4-12,27H,3H2,1-2H3,(H,26,28). The molecule has 1 amide bonds. The summed E-state index contributed by atoms with van der Waals surface area (Å²) in [5, 5.41) is 2.71. The zero-order valence-corrected chi connectivity index (χ0v) is 16.3. The van der Waals surface area contributed by atoms with E-state index in [1.807, 2.05) is 0 Å². The van der Waals surface area contributed by atoms with Gasteiger partial charge in [0.2, 0.25) is 5.91 Å². The van der Waals surface area contributed by atoms with Crippen LogP contribution in [0.3, 0.4) is 0 Å². The van der Waals surface area contributed by atoms with Gasteiger partial charge in [0.15, 0.2) is 0 Å². The average Bonchev–Trinajstić information content (AvgIpc) is 3.13. The number of carbonyl (C=O) groups excluding carboxylic acids is 2. The van der Waals surface area contributed by atoms with Gasteiger partial charge in [0, 0.05) is 18.2 Å². The molecule has 0 atom stereocenters. The van der Waals surface area contributed by atoms with Crippen LogP contribution in [-0.2, 0) is 15.7 Å². The van der Waals surface area contributed by atoms with E-state index in [0.29, 0.717) is 28.2 Å². The molecule has 8 heteroatoms. The van der Waals surface area contributed by atoms with Crippen LogP contribution in [-0.4, -0.2) is 23.5 Å². The van der Waals surface area contributed by atoms with Crippen LogP contribution >= 0.6 is 0 Å². The summed E-state index contributed by atoms with van der Waals surface area (Å²) in [4.78, 5) is 27.2. The third-order valence-electron chi connectivity index (χ3n) is 4.34. The predicted octanol–water partition coefficient (Wildman–Crippen LogP) is 5.50. The van der Waals surface area contributed by atoms with Crippen LogP contribution in [0.1, 0.15) is 29.8 Å². The molecule has 0 aliphatic rings. The van der Waals surface area contributed by atoms with E-state index in [1.54, 1.807) is 31.2 Å². The van der Waals surface area contributed by atoms with Crippen LogP contribution < -0.4 is 5.32 Å². The van der Waals surface area contributed by atoms with Crippen molar-refractivity contribution in [2.75, 3.05) is 11.9 Å². The summed E-state index contributed by atoms with van der Waals surface area (Å²) in [5.74, 6) is -0.866. The van der Waals surface area contributed by atoms with Crippen molar-refractivity contribution < 1.29 is 27.5 Å². The van der Waals surface area contributed by atoms with Crippen molar-refractivity contribution in [1.82, 2.24) is 4.98 Å². The monoisotopic (exact) mass is 416 g/mol. The van der Waals surface area contributed by atoms with Gasteiger partial charge in [-0.3, -0.25) is 4.79 Å². The van der Waals surface area contributed by atoms with E-state index in [4.69, 9.17) is 4.74 Å². The minimum Gasteiger partial charge on any atom is -0.462 e. The molecule has 0 bridgehead atoms. The Hall–Kier alpha value is -3.55. The number of para-hydroxylation sites is 1. The van der Waals surface area contributed by atoms with E-state index < -0.39 is 17.7 Å². The summed E-state index contributed by atoms with van der Waals surface area (Å²) < 4.78 is 43.7. The summed E-state index contributed by atoms with van der Waals surface area (Å²) in [7, 11) is 0. The molecule has 0 radical (unpaired) electrons. The highest BCUT2D eigenvalue weighted by Crippen LogP contribution is 2.35. The number of aromatic nitrogens is 1. The first-order valence-electron chi connectivity index (χ1n) is 9.15. The lowest BCUT2D eigenvalue weighted by atomic mass is 10.1. The zero-order valence-electron chi connectivity index (χ0n) is 16.3. The number of rotatable bonds is 5. The largest absolute Gasteiger partial charge is 0.462 e. The van der Waals surface area contributed by atoms with Crippen molar-refractivity contribution in [1.29, 1.82) is 0 Å². The van der Waals surface area contributed by atoms with Crippen LogP contribution in [0.25, 0.3) is 22.5 Å². The zero-order chi connectivity index (χ0) is 21.9. The number of ether oxygens (including phenoxy) is 1. The molecule has 0 aliphatic carbocycles. The lowest BCUT2D eigenvalue weighted by molar-refractivity contribution is -0.137. The Labute approximate surface area is 170 Å². The van der Waals surface area contributed by atoms with Crippen molar-refractivity contribution in [2.24, 2.45) is 0 Å². The molecule has 0 spiro atoms. The number of benzene rings is 2. The lowest BCUT2D eigenvalue weighted by Crippen LogP contribution is -2.08. The van der Waals surface area contributed by atoms with Crippen LogP contribution in [0, 0.1) is 0 Å². The van der Waals surface area contributed by atoms with Gasteiger partial charge in [0.05, 0.1) is 29.1 Å². The van der Waals surface area contributed by atoms with Crippen molar-refractivity contribution in [3.63, 3.8) is 0 Å². The molecule has 2 N–H and O–H groups in total. The first-order chi connectivity index (χ1) is 14.2. The number of esters is 1. The molecular formula is C22H19F3N2O3. The Kier molecular flexibility index (Phi) is 5.96. The quantitative estimate of drug-likeness (QED) is 0.540. The summed E-state index contributed by atoms with van der Waals surface area (Å²) in [6.45, 7) is 3.20. The normalized spacial score (nSPS) is 11.2. The van der Waals surface area contributed by atoms with E-state index in [9.17, 15) is 22.8 Å². The lowest BCUT2D eigenvalue weighted by Gasteiger charge is -2.10. The molecule has 5 nitrogen and oxygen atoms in total. The molecule has 30 heavy (non-hydrogen) atoms. The number of hydrogen-bond acceptors (Lipinski definition) is 3. The van der Waals surface area contributed by atoms with Gasteiger partial charge in [-0.2, -0.15) is 13.2 Å². The topological polar surface area (TPSA) is 71.2 Å². The third kappa shape index (κ3) is 4.53. The van der Waals surface area contributed by atoms with Gasteiger partial charge in [0.25, 0.3) is 0 Å². The van der Waals surface area contributed by atoms with E-state index in [0.717, 1.165) is 12.1 Å². The summed E-state index contributed by atoms with van der Waals surface area (Å²) in [5.41, 5.74) is 1.79. The third-order valence-corrected chi connectivity index (χ3v) is 4.34. The number of anilines is 1. The van der Waals surface area contributed by atoms with Gasteiger partial charge in [-0.15, -0.1) is 0 Å². The average molecular weight is 416 g/mol. The second kappa shape index (κ2) is 8.44. The molecule has 1 heterocycles. The molecule has 0 fully saturated rings. The van der Waals surface area contributed by atoms with E-state index in [2.05, 4.69) is 10.3 Å². The van der Waals surface area contributed by atoms with Crippen LogP contribution in [0.15, 0.2) is 54.6 Å². The SMILES string of the molecule is CCOC(=O)c1cc(-c2ccc(C(F)(F)F)cc2)[nH]c1-c1ccccc1NC(C)=O. The highest BCUT2D eigenvalue weighted by molar-refractivity contribution is 6.02. The molecule has 0 aliphatic heterocycles. The minimum absolute atomic E-state index is 0.159. The smallest absolute Gasteiger partial charge is 0.416 e. The van der Waals surface area contributed by atoms with Crippen LogP contribution in [0.2, 0.25) is 0 Å². The predicted molar refractivity (Wildman–Crippen MR) is 107 cm³/mol. The fraction of sp³-hybridized carbons (Fsp3) is 0.182. The Morgan fingerprint density at radius 2 is 1.73 bits per heavy atom. The fourth-order valence-corrected chi connectivity index (χ4v) is 3.03. The Morgan fingerprint density at radius 3 is 2.33 bits per heavy atom. The highest BCUT2D eigenvalue weighted by Gasteiger charge is 2.30. The number of hydrogen-bond donors (Lipinski definition) is 2. The maximum atomic E-state index is 12.8. The van der Waals surface area contributed by atoms with Gasteiger partial charge in [-0.1, -0.05) is 30.3 Å². The van der Waals surface area contributed by atoms with Gasteiger partial charge >= 0.3 is 12.1 Å². The van der Waals surface area contributed by atoms with Gasteiger partial charge in [-0.25, -0.2) is 4.79 Å². The molecule has 0 unspecified atom stereocenters. The number of amides is 1. The summed E-state index contributed by atoms with van der Waals surface area (Å²) in [6.07, 6.45) is -4.44. The van der Waals surface area contributed by atoms with Gasteiger partial charge in [-0.05, 0) is 36.8 Å². The van der Waals surface area contributed by atoms with Crippen LogP contribution in [0.5, 0.6) is 0 Å². The van der Waals surface area contributed by atoms with Crippen molar-refractivity contribution >= 4 is 17.6 Å². The van der Waals surface area contributed by atoms with E-state index in [1.165, 1.54) is 25.1 Å². The van der Waals surface area contributed by atoms with Gasteiger partial charge in [0.1, 0.15) is 0 Å². The number of carbonyl (C=O) groups is 2. The number of H-pyrrole nitrogens is 1. The second-order valence-corrected chi connectivity index (χ2v) is 6.49. The minimum atomic E-state index is -4.44. The number of nitrogens with one attached hydrogen (secondary N) is 2. The van der Waals surface area contributed by atoms with E-state index in [-0.39, 0.29) is 18.1 Å². The number of aromatic amines is 1. The molecule has 2 aromatic carbocycles. The first-order valence-corrected chi connectivity index (χ1v) is 9.15. The molecule has 156 valence electrons. The summed E-state index contributed by atoms with van der Waals surface area (Å²) >= 11 is 0. The van der Waals surface area contributed by atoms with Crippen molar-refractivity contribution in [3.8, 4) is 22.5 Å². The van der Waals surface area contributed by atoms with Crippen molar-refractivity contribution in [2.45, 2.75) is 20.0 Å². The maximum Gasteiger partial charge on any atom is 0.416 e. The number of halogens is 3. The highest BCUT2D eigenvalue weighted by atomic mass is 19.4. The molecular weight excluding hydrogens is 397 g/mol. The first kappa shape index (κ1) is 21.2. The number of alkyl halides is 3. The molecule has 1 aromatic heterocycles. The Morgan fingerprint density at radius 1 is 1.07 bits per heavy atom. The molecule has 0 saturated carbocycles. The molecule has 3 aromatic rings. The Bertz CT molecular complexity index is 1070. The van der Waals surface area contributed by atoms with Crippen molar-refractivity contribution in [3.05, 3.63) is 65.7 Å². The molecule has 0 saturated heterocycles. The summed E-state index contributed by atoms with van der Waals surface area (Å²) in [6, 6.07) is 13.0. The van der Waals surface area contributed by atoms with Crippen LogP contribution in [0.4, 0.5) is 18.9 Å². The molecule has 3 rings (SSSR count). The second-order valence-electron chi connectivity index (χ2n) is 6.49. The maximum absolute atomic E-state index is 12.8. The fourth-order valence-electron chi connectivity index (χ4n) is 3.03. The van der Waals surface area contributed by atoms with Gasteiger partial charge < -0.3 is 15.0 Å². The van der Waals surface area contributed by atoms with E-state index >= 15 is 0 Å². The Balaban J connectivity index is 2.11.